The molecule has 1 aromatic carbocycles. The summed E-state index contributed by atoms with van der Waals surface area (Å²) in [6, 6.07) is 8.06. The first kappa shape index (κ1) is 10.7. The minimum Gasteiger partial charge on any atom is -0.489 e. The summed E-state index contributed by atoms with van der Waals surface area (Å²) >= 11 is 2.31. The molecule has 0 fully saturated rings. The Labute approximate surface area is 103 Å². The Bertz CT molecular complexity index is 482. The summed E-state index contributed by atoms with van der Waals surface area (Å²) < 4.78 is 6.92. The van der Waals surface area contributed by atoms with Crippen LogP contribution in [0.5, 0.6) is 5.75 Å². The van der Waals surface area contributed by atoms with E-state index in [0.29, 0.717) is 0 Å². The molecule has 0 saturated carbocycles. The van der Waals surface area contributed by atoms with E-state index in [2.05, 4.69) is 39.7 Å². The number of benzene rings is 1. The van der Waals surface area contributed by atoms with Gasteiger partial charge in [0, 0.05) is 15.2 Å². The molecule has 0 spiro atoms. The van der Waals surface area contributed by atoms with Gasteiger partial charge in [0.25, 0.3) is 0 Å². The highest BCUT2D eigenvalue weighted by Crippen LogP contribution is 2.28. The molecule has 0 aliphatic heterocycles. The Morgan fingerprint density at radius 3 is 2.80 bits per heavy atom. The fraction of sp³-hybridized carbons (Fsp3) is 0.250. The second kappa shape index (κ2) is 4.35. The second-order valence-electron chi connectivity index (χ2n) is 3.61. The Hall–Kier alpha value is -0.840. The van der Waals surface area contributed by atoms with E-state index in [0.717, 1.165) is 16.7 Å². The molecule has 0 aliphatic carbocycles. The molecule has 0 atom stereocenters. The van der Waals surface area contributed by atoms with Crippen LogP contribution in [0.1, 0.15) is 13.8 Å². The van der Waals surface area contributed by atoms with E-state index in [1.54, 1.807) is 6.20 Å². The van der Waals surface area contributed by atoms with Crippen LogP contribution < -0.4 is 4.74 Å². The lowest BCUT2D eigenvalue weighted by atomic mass is 10.2. The summed E-state index contributed by atoms with van der Waals surface area (Å²) in [5.74, 6) is 0.862. The molecule has 2 nitrogen and oxygen atoms in total. The van der Waals surface area contributed by atoms with Gasteiger partial charge in [-0.2, -0.15) is 0 Å². The zero-order chi connectivity index (χ0) is 10.8. The van der Waals surface area contributed by atoms with Crippen LogP contribution in [0.3, 0.4) is 0 Å². The Morgan fingerprint density at radius 1 is 1.27 bits per heavy atom. The van der Waals surface area contributed by atoms with E-state index in [-0.39, 0.29) is 6.10 Å². The third-order valence-corrected chi connectivity index (χ3v) is 2.98. The second-order valence-corrected chi connectivity index (χ2v) is 4.77. The number of aromatic nitrogens is 1. The SMILES string of the molecule is CC(C)Oc1ccc(I)c2cccnc12. The van der Waals surface area contributed by atoms with Gasteiger partial charge in [-0.05, 0) is 54.6 Å². The predicted molar refractivity (Wildman–Crippen MR) is 70.2 cm³/mol. The molecule has 1 aromatic heterocycles. The van der Waals surface area contributed by atoms with Gasteiger partial charge in [-0.15, -0.1) is 0 Å². The predicted octanol–water partition coefficient (Wildman–Crippen LogP) is 3.63. The van der Waals surface area contributed by atoms with Crippen molar-refractivity contribution in [2.45, 2.75) is 20.0 Å². The first-order valence-electron chi connectivity index (χ1n) is 4.88. The molecule has 2 aromatic rings. The van der Waals surface area contributed by atoms with Gasteiger partial charge in [-0.25, -0.2) is 0 Å². The van der Waals surface area contributed by atoms with Gasteiger partial charge < -0.3 is 4.74 Å². The highest BCUT2D eigenvalue weighted by molar-refractivity contribution is 14.1. The largest absolute Gasteiger partial charge is 0.489 e. The molecule has 3 heteroatoms. The smallest absolute Gasteiger partial charge is 0.145 e. The molecule has 0 amide bonds. The van der Waals surface area contributed by atoms with Crippen molar-refractivity contribution in [3.63, 3.8) is 0 Å². The number of halogens is 1. The van der Waals surface area contributed by atoms with E-state index in [1.165, 1.54) is 3.57 Å². The summed E-state index contributed by atoms with van der Waals surface area (Å²) in [5.41, 5.74) is 0.943. The lowest BCUT2D eigenvalue weighted by Gasteiger charge is -2.12. The number of ether oxygens (including phenoxy) is 1. The van der Waals surface area contributed by atoms with Crippen molar-refractivity contribution in [2.24, 2.45) is 0 Å². The number of nitrogens with zero attached hydrogens (tertiary/aromatic N) is 1. The van der Waals surface area contributed by atoms with Gasteiger partial charge in [-0.3, -0.25) is 4.98 Å². The van der Waals surface area contributed by atoms with Gasteiger partial charge in [0.05, 0.1) is 6.10 Å². The van der Waals surface area contributed by atoms with Crippen LogP contribution in [0, 0.1) is 3.57 Å². The molecule has 0 bridgehead atoms. The van der Waals surface area contributed by atoms with Gasteiger partial charge in [0.1, 0.15) is 11.3 Å². The topological polar surface area (TPSA) is 22.1 Å². The number of pyridine rings is 1. The molecule has 0 saturated heterocycles. The van der Waals surface area contributed by atoms with Gasteiger partial charge >= 0.3 is 0 Å². The highest BCUT2D eigenvalue weighted by atomic mass is 127. The quantitative estimate of drug-likeness (QED) is 0.790. The van der Waals surface area contributed by atoms with Crippen molar-refractivity contribution in [1.29, 1.82) is 0 Å². The summed E-state index contributed by atoms with van der Waals surface area (Å²) in [6.45, 7) is 4.04. The molecular weight excluding hydrogens is 301 g/mol. The number of rotatable bonds is 2. The average molecular weight is 313 g/mol. The van der Waals surface area contributed by atoms with E-state index < -0.39 is 0 Å². The van der Waals surface area contributed by atoms with Crippen LogP contribution in [0.25, 0.3) is 10.9 Å². The van der Waals surface area contributed by atoms with Crippen molar-refractivity contribution in [3.8, 4) is 5.75 Å². The zero-order valence-electron chi connectivity index (χ0n) is 8.70. The summed E-state index contributed by atoms with van der Waals surface area (Å²) in [4.78, 5) is 4.37. The molecule has 0 N–H and O–H groups in total. The van der Waals surface area contributed by atoms with Gasteiger partial charge in [0.15, 0.2) is 0 Å². The fourth-order valence-electron chi connectivity index (χ4n) is 1.46. The van der Waals surface area contributed by atoms with Crippen molar-refractivity contribution in [1.82, 2.24) is 4.98 Å². The van der Waals surface area contributed by atoms with Gasteiger partial charge in [0.2, 0.25) is 0 Å². The lowest BCUT2D eigenvalue weighted by Crippen LogP contribution is -2.06. The normalized spacial score (nSPS) is 10.9. The van der Waals surface area contributed by atoms with E-state index in [4.69, 9.17) is 4.74 Å². The van der Waals surface area contributed by atoms with Crippen molar-refractivity contribution < 1.29 is 4.74 Å². The van der Waals surface area contributed by atoms with Crippen LogP contribution in [0.15, 0.2) is 30.5 Å². The van der Waals surface area contributed by atoms with Crippen molar-refractivity contribution >= 4 is 33.5 Å². The number of hydrogen-bond acceptors (Lipinski definition) is 2. The average Bonchev–Trinajstić information content (AvgIpc) is 2.22. The summed E-state index contributed by atoms with van der Waals surface area (Å²) in [6.07, 6.45) is 1.97. The molecule has 15 heavy (non-hydrogen) atoms. The summed E-state index contributed by atoms with van der Waals surface area (Å²) in [7, 11) is 0. The molecule has 2 rings (SSSR count). The maximum Gasteiger partial charge on any atom is 0.145 e. The minimum absolute atomic E-state index is 0.176. The van der Waals surface area contributed by atoms with Crippen LogP contribution in [0.4, 0.5) is 0 Å². The monoisotopic (exact) mass is 313 g/mol. The number of hydrogen-bond donors (Lipinski definition) is 0. The highest BCUT2D eigenvalue weighted by Gasteiger charge is 2.07. The standard InChI is InChI=1S/C12H12INO/c1-8(2)15-11-6-5-10(13)9-4-3-7-14-12(9)11/h3-8H,1-2H3. The van der Waals surface area contributed by atoms with Crippen LogP contribution in [0.2, 0.25) is 0 Å². The summed E-state index contributed by atoms with van der Waals surface area (Å²) in [5, 5.41) is 1.15. The molecule has 1 heterocycles. The van der Waals surface area contributed by atoms with Crippen LogP contribution >= 0.6 is 22.6 Å². The minimum atomic E-state index is 0.176. The van der Waals surface area contributed by atoms with E-state index >= 15 is 0 Å². The van der Waals surface area contributed by atoms with Crippen LogP contribution in [-0.2, 0) is 0 Å². The Kier molecular flexibility index (Phi) is 3.09. The molecule has 0 aliphatic rings. The molecule has 0 radical (unpaired) electrons. The van der Waals surface area contributed by atoms with Crippen molar-refractivity contribution in [3.05, 3.63) is 34.0 Å². The molecule has 78 valence electrons. The number of fused-ring (bicyclic) bond motifs is 1. The first-order valence-corrected chi connectivity index (χ1v) is 5.96. The zero-order valence-corrected chi connectivity index (χ0v) is 10.9. The van der Waals surface area contributed by atoms with Crippen molar-refractivity contribution in [2.75, 3.05) is 0 Å². The van der Waals surface area contributed by atoms with Gasteiger partial charge in [-0.1, -0.05) is 6.07 Å². The van der Waals surface area contributed by atoms with Crippen LogP contribution in [-0.4, -0.2) is 11.1 Å². The maximum atomic E-state index is 5.72. The Morgan fingerprint density at radius 2 is 2.07 bits per heavy atom. The fourth-order valence-corrected chi connectivity index (χ4v) is 2.08. The molecular formula is C12H12INO. The maximum absolute atomic E-state index is 5.72. The lowest BCUT2D eigenvalue weighted by molar-refractivity contribution is 0.245. The molecule has 0 unspecified atom stereocenters. The first-order chi connectivity index (χ1) is 7.18. The third kappa shape index (κ3) is 2.22. The Balaban J connectivity index is 2.61. The third-order valence-electron chi connectivity index (χ3n) is 2.04. The van der Waals surface area contributed by atoms with E-state index in [1.807, 2.05) is 26.0 Å². The van der Waals surface area contributed by atoms with E-state index in [9.17, 15) is 0 Å².